The highest BCUT2D eigenvalue weighted by Crippen LogP contribution is 2.29. The molecule has 0 aliphatic carbocycles. The molecule has 3 rings (SSSR count). The van der Waals surface area contributed by atoms with E-state index in [0.717, 1.165) is 4.52 Å². The largest absolute Gasteiger partial charge is 0.478 e. The van der Waals surface area contributed by atoms with Gasteiger partial charge in [0.25, 0.3) is 5.82 Å². The monoisotopic (exact) mass is 307 g/mol. The van der Waals surface area contributed by atoms with Crippen molar-refractivity contribution >= 4 is 11.6 Å². The van der Waals surface area contributed by atoms with Crippen molar-refractivity contribution in [3.8, 4) is 11.1 Å². The lowest BCUT2D eigenvalue weighted by atomic mass is 10.0. The number of benzene rings is 1. The highest BCUT2D eigenvalue weighted by Gasteiger charge is 2.36. The van der Waals surface area contributed by atoms with Crippen molar-refractivity contribution in [2.75, 3.05) is 0 Å². The Morgan fingerprint density at radius 2 is 1.95 bits per heavy atom. The summed E-state index contributed by atoms with van der Waals surface area (Å²) in [5.74, 6) is -2.36. The van der Waals surface area contributed by atoms with E-state index in [0.29, 0.717) is 11.1 Å². The van der Waals surface area contributed by atoms with Crippen molar-refractivity contribution < 1.29 is 23.1 Å². The number of aromatic nitrogens is 3. The van der Waals surface area contributed by atoms with Gasteiger partial charge in [-0.15, -0.1) is 5.10 Å². The Morgan fingerprint density at radius 1 is 1.18 bits per heavy atom. The van der Waals surface area contributed by atoms with Crippen molar-refractivity contribution in [2.24, 2.45) is 0 Å². The number of rotatable bonds is 2. The normalized spacial score (nSPS) is 11.8. The maximum atomic E-state index is 12.7. The average Bonchev–Trinajstić information content (AvgIpc) is 2.91. The van der Waals surface area contributed by atoms with E-state index in [1.165, 1.54) is 30.5 Å². The number of fused-ring (bicyclic) bond motifs is 1. The third-order valence-corrected chi connectivity index (χ3v) is 3.04. The van der Waals surface area contributed by atoms with Gasteiger partial charge in [-0.3, -0.25) is 0 Å². The SMILES string of the molecule is O=C(O)c1cccc(-c2cccn3nc(C(F)(F)F)nc23)c1. The number of hydrogen-bond acceptors (Lipinski definition) is 3. The number of aromatic carboxylic acids is 1. The Labute approximate surface area is 121 Å². The van der Waals surface area contributed by atoms with Crippen LogP contribution in [0.3, 0.4) is 0 Å². The van der Waals surface area contributed by atoms with Crippen LogP contribution in [0.1, 0.15) is 16.2 Å². The lowest BCUT2D eigenvalue weighted by Crippen LogP contribution is -2.07. The fourth-order valence-corrected chi connectivity index (χ4v) is 2.07. The number of carbonyl (C=O) groups is 1. The van der Waals surface area contributed by atoms with Crippen LogP contribution in [-0.4, -0.2) is 25.7 Å². The molecule has 0 bridgehead atoms. The summed E-state index contributed by atoms with van der Waals surface area (Å²) in [6, 6.07) is 8.97. The molecule has 0 radical (unpaired) electrons. The van der Waals surface area contributed by atoms with E-state index in [9.17, 15) is 18.0 Å². The molecule has 0 spiro atoms. The maximum absolute atomic E-state index is 12.7. The number of carboxylic acids is 1. The number of hydrogen-bond donors (Lipinski definition) is 1. The first kappa shape index (κ1) is 14.1. The van der Waals surface area contributed by atoms with Crippen LogP contribution in [0, 0.1) is 0 Å². The van der Waals surface area contributed by atoms with Crippen molar-refractivity contribution in [3.63, 3.8) is 0 Å². The molecule has 0 saturated carbocycles. The zero-order valence-electron chi connectivity index (χ0n) is 10.9. The highest BCUT2D eigenvalue weighted by molar-refractivity contribution is 5.90. The predicted molar refractivity (Wildman–Crippen MR) is 70.4 cm³/mol. The van der Waals surface area contributed by atoms with Gasteiger partial charge in [0, 0.05) is 11.8 Å². The van der Waals surface area contributed by atoms with Gasteiger partial charge in [-0.2, -0.15) is 13.2 Å². The second-order valence-corrected chi connectivity index (χ2v) is 4.51. The van der Waals surface area contributed by atoms with Crippen LogP contribution in [0.15, 0.2) is 42.6 Å². The summed E-state index contributed by atoms with van der Waals surface area (Å²) >= 11 is 0. The van der Waals surface area contributed by atoms with Gasteiger partial charge in [0.15, 0.2) is 5.65 Å². The Balaban J connectivity index is 2.21. The van der Waals surface area contributed by atoms with Crippen molar-refractivity contribution in [2.45, 2.75) is 6.18 Å². The van der Waals surface area contributed by atoms with Crippen LogP contribution in [0.5, 0.6) is 0 Å². The minimum atomic E-state index is -4.65. The molecule has 0 atom stereocenters. The summed E-state index contributed by atoms with van der Waals surface area (Å²) < 4.78 is 39.2. The quantitative estimate of drug-likeness (QED) is 0.790. The molecule has 0 fully saturated rings. The topological polar surface area (TPSA) is 67.5 Å². The molecule has 8 heteroatoms. The third kappa shape index (κ3) is 2.39. The van der Waals surface area contributed by atoms with E-state index in [1.54, 1.807) is 12.1 Å². The molecule has 22 heavy (non-hydrogen) atoms. The highest BCUT2D eigenvalue weighted by atomic mass is 19.4. The molecule has 3 aromatic rings. The molecule has 2 aromatic heterocycles. The average molecular weight is 307 g/mol. The molecular weight excluding hydrogens is 299 g/mol. The minimum Gasteiger partial charge on any atom is -0.478 e. The van der Waals surface area contributed by atoms with Gasteiger partial charge in [-0.25, -0.2) is 14.3 Å². The summed E-state index contributed by atoms with van der Waals surface area (Å²) in [5.41, 5.74) is 0.868. The molecule has 0 aliphatic rings. The van der Waals surface area contributed by atoms with E-state index in [1.807, 2.05) is 0 Å². The smallest absolute Gasteiger partial charge is 0.453 e. The number of nitrogens with zero attached hydrogens (tertiary/aromatic N) is 3. The second-order valence-electron chi connectivity index (χ2n) is 4.51. The zero-order chi connectivity index (χ0) is 15.9. The Kier molecular flexibility index (Phi) is 3.09. The van der Waals surface area contributed by atoms with E-state index in [2.05, 4.69) is 10.1 Å². The van der Waals surface area contributed by atoms with Gasteiger partial charge < -0.3 is 5.11 Å². The first-order chi connectivity index (χ1) is 10.4. The molecule has 112 valence electrons. The number of carboxylic acid groups (broad SMARTS) is 1. The predicted octanol–water partition coefficient (Wildman–Crippen LogP) is 3.11. The van der Waals surface area contributed by atoms with Gasteiger partial charge in [0.2, 0.25) is 0 Å². The fraction of sp³-hybridized carbons (Fsp3) is 0.0714. The van der Waals surface area contributed by atoms with Crippen LogP contribution in [-0.2, 0) is 6.18 Å². The van der Waals surface area contributed by atoms with Gasteiger partial charge in [-0.1, -0.05) is 12.1 Å². The van der Waals surface area contributed by atoms with Crippen LogP contribution in [0.4, 0.5) is 13.2 Å². The summed E-state index contributed by atoms with van der Waals surface area (Å²) in [6.07, 6.45) is -3.30. The third-order valence-electron chi connectivity index (χ3n) is 3.04. The number of halogens is 3. The minimum absolute atomic E-state index is 0.0114. The molecule has 0 unspecified atom stereocenters. The maximum Gasteiger partial charge on any atom is 0.453 e. The van der Waals surface area contributed by atoms with Gasteiger partial charge in [0.1, 0.15) is 0 Å². The van der Waals surface area contributed by atoms with Gasteiger partial charge in [0.05, 0.1) is 5.56 Å². The summed E-state index contributed by atoms with van der Waals surface area (Å²) in [6.45, 7) is 0. The molecule has 1 N–H and O–H groups in total. The number of pyridine rings is 1. The van der Waals surface area contributed by atoms with Crippen LogP contribution >= 0.6 is 0 Å². The number of alkyl halides is 3. The second kappa shape index (κ2) is 4.83. The van der Waals surface area contributed by atoms with E-state index < -0.39 is 18.0 Å². The molecule has 0 saturated heterocycles. The molecule has 0 amide bonds. The zero-order valence-corrected chi connectivity index (χ0v) is 10.9. The summed E-state index contributed by atoms with van der Waals surface area (Å²) in [5, 5.41) is 12.4. The van der Waals surface area contributed by atoms with E-state index >= 15 is 0 Å². The standard InChI is InChI=1S/C14H8F3N3O2/c15-14(16,17)13-18-11-10(5-2-6-20(11)19-13)8-3-1-4-9(7-8)12(21)22/h1-7H,(H,21,22). The van der Waals surface area contributed by atoms with Crippen LogP contribution in [0.25, 0.3) is 16.8 Å². The van der Waals surface area contributed by atoms with Crippen molar-refractivity contribution in [3.05, 3.63) is 54.0 Å². The van der Waals surface area contributed by atoms with Crippen molar-refractivity contribution in [1.29, 1.82) is 0 Å². The lowest BCUT2D eigenvalue weighted by molar-refractivity contribution is -0.144. The van der Waals surface area contributed by atoms with Crippen LogP contribution < -0.4 is 0 Å². The van der Waals surface area contributed by atoms with Crippen molar-refractivity contribution in [1.82, 2.24) is 14.6 Å². The molecule has 1 aromatic carbocycles. The van der Waals surface area contributed by atoms with Crippen LogP contribution in [0.2, 0.25) is 0 Å². The van der Waals surface area contributed by atoms with Gasteiger partial charge in [-0.05, 0) is 29.8 Å². The lowest BCUT2D eigenvalue weighted by Gasteiger charge is -2.04. The summed E-state index contributed by atoms with van der Waals surface area (Å²) in [7, 11) is 0. The van der Waals surface area contributed by atoms with Gasteiger partial charge >= 0.3 is 12.1 Å². The van der Waals surface area contributed by atoms with E-state index in [-0.39, 0.29) is 11.2 Å². The first-order valence-electron chi connectivity index (χ1n) is 6.12. The van der Waals surface area contributed by atoms with E-state index in [4.69, 9.17) is 5.11 Å². The fourth-order valence-electron chi connectivity index (χ4n) is 2.07. The first-order valence-corrected chi connectivity index (χ1v) is 6.12. The Hall–Kier alpha value is -2.90. The summed E-state index contributed by atoms with van der Waals surface area (Å²) in [4.78, 5) is 14.5. The molecule has 0 aliphatic heterocycles. The Bertz CT molecular complexity index is 871. The molecular formula is C14H8F3N3O2. The molecule has 2 heterocycles. The Morgan fingerprint density at radius 3 is 2.64 bits per heavy atom. The molecule has 5 nitrogen and oxygen atoms in total.